The van der Waals surface area contributed by atoms with Crippen LogP contribution in [-0.2, 0) is 0 Å². The van der Waals surface area contributed by atoms with Gasteiger partial charge < -0.3 is 4.74 Å². The molecule has 0 radical (unpaired) electrons. The lowest BCUT2D eigenvalue weighted by molar-refractivity contribution is -0.274. The van der Waals surface area contributed by atoms with Gasteiger partial charge in [0.25, 0.3) is 0 Å². The van der Waals surface area contributed by atoms with E-state index in [1.807, 2.05) is 52.9 Å². The molecule has 0 aromatic heterocycles. The lowest BCUT2D eigenvalue weighted by Gasteiger charge is -2.11. The quantitative estimate of drug-likeness (QED) is 0.692. The standard InChI is InChI=1S/C13H8F3IO/c14-13(15,16)18-12-7-6-10(8-11(12)17)9-4-2-1-3-5-9/h1-8H. The van der Waals surface area contributed by atoms with Crippen LogP contribution in [0.5, 0.6) is 5.75 Å². The zero-order valence-electron chi connectivity index (χ0n) is 9.04. The normalized spacial score (nSPS) is 11.3. The summed E-state index contributed by atoms with van der Waals surface area (Å²) in [6, 6.07) is 14.0. The minimum Gasteiger partial charge on any atom is -0.405 e. The van der Waals surface area contributed by atoms with Gasteiger partial charge in [-0.15, -0.1) is 13.2 Å². The van der Waals surface area contributed by atoms with Crippen molar-refractivity contribution in [2.45, 2.75) is 6.36 Å². The van der Waals surface area contributed by atoms with Crippen LogP contribution in [0.25, 0.3) is 11.1 Å². The predicted octanol–water partition coefficient (Wildman–Crippen LogP) is 4.86. The van der Waals surface area contributed by atoms with E-state index in [-0.39, 0.29) is 5.75 Å². The third kappa shape index (κ3) is 3.38. The lowest BCUT2D eigenvalue weighted by Crippen LogP contribution is -2.17. The van der Waals surface area contributed by atoms with Crippen LogP contribution >= 0.6 is 22.6 Å². The molecule has 2 aromatic carbocycles. The van der Waals surface area contributed by atoms with Gasteiger partial charge in [0, 0.05) is 0 Å². The summed E-state index contributed by atoms with van der Waals surface area (Å²) in [5, 5.41) is 0. The van der Waals surface area contributed by atoms with Crippen LogP contribution in [0.4, 0.5) is 13.2 Å². The van der Waals surface area contributed by atoms with Crippen LogP contribution in [0.2, 0.25) is 0 Å². The fraction of sp³-hybridized carbons (Fsp3) is 0.0769. The zero-order chi connectivity index (χ0) is 13.2. The molecule has 2 rings (SSSR count). The molecule has 0 saturated carbocycles. The number of ether oxygens (including phenoxy) is 1. The monoisotopic (exact) mass is 364 g/mol. The van der Waals surface area contributed by atoms with Crippen molar-refractivity contribution in [2.24, 2.45) is 0 Å². The molecule has 0 amide bonds. The number of hydrogen-bond donors (Lipinski definition) is 0. The molecule has 0 unspecified atom stereocenters. The first-order valence-electron chi connectivity index (χ1n) is 5.06. The molecule has 1 nitrogen and oxygen atoms in total. The van der Waals surface area contributed by atoms with Crippen molar-refractivity contribution in [3.8, 4) is 16.9 Å². The molecule has 94 valence electrons. The lowest BCUT2D eigenvalue weighted by atomic mass is 10.1. The summed E-state index contributed by atoms with van der Waals surface area (Å²) in [4.78, 5) is 0. The van der Waals surface area contributed by atoms with Gasteiger partial charge in [0.05, 0.1) is 3.57 Å². The van der Waals surface area contributed by atoms with Crippen molar-refractivity contribution in [3.05, 3.63) is 52.1 Å². The van der Waals surface area contributed by atoms with Gasteiger partial charge in [0.2, 0.25) is 0 Å². The molecule has 0 N–H and O–H groups in total. The summed E-state index contributed by atoms with van der Waals surface area (Å²) in [5.74, 6) is -0.178. The summed E-state index contributed by atoms with van der Waals surface area (Å²) in [6.45, 7) is 0. The molecule has 0 atom stereocenters. The van der Waals surface area contributed by atoms with E-state index in [4.69, 9.17) is 0 Å². The van der Waals surface area contributed by atoms with Crippen LogP contribution in [0.3, 0.4) is 0 Å². The molecule has 18 heavy (non-hydrogen) atoms. The first kappa shape index (κ1) is 13.2. The molecule has 0 spiro atoms. The second kappa shape index (κ2) is 5.17. The van der Waals surface area contributed by atoms with Crippen molar-refractivity contribution < 1.29 is 17.9 Å². The number of rotatable bonds is 2. The topological polar surface area (TPSA) is 9.23 Å². The van der Waals surface area contributed by atoms with Gasteiger partial charge in [-0.25, -0.2) is 0 Å². The highest BCUT2D eigenvalue weighted by atomic mass is 127. The second-order valence-corrected chi connectivity index (χ2v) is 4.72. The van der Waals surface area contributed by atoms with Crippen molar-refractivity contribution in [1.29, 1.82) is 0 Å². The maximum atomic E-state index is 12.1. The van der Waals surface area contributed by atoms with Crippen LogP contribution < -0.4 is 4.74 Å². The Kier molecular flexibility index (Phi) is 3.79. The third-order valence-electron chi connectivity index (χ3n) is 2.26. The smallest absolute Gasteiger partial charge is 0.405 e. The Balaban J connectivity index is 2.31. The number of benzene rings is 2. The fourth-order valence-corrected chi connectivity index (χ4v) is 2.14. The van der Waals surface area contributed by atoms with Gasteiger partial charge in [0.1, 0.15) is 5.75 Å². The van der Waals surface area contributed by atoms with Crippen LogP contribution in [0, 0.1) is 3.57 Å². The van der Waals surface area contributed by atoms with Gasteiger partial charge >= 0.3 is 6.36 Å². The van der Waals surface area contributed by atoms with E-state index < -0.39 is 6.36 Å². The van der Waals surface area contributed by atoms with E-state index in [2.05, 4.69) is 4.74 Å². The highest BCUT2D eigenvalue weighted by Gasteiger charge is 2.31. The Bertz CT molecular complexity index is 538. The van der Waals surface area contributed by atoms with E-state index in [0.717, 1.165) is 11.1 Å². The van der Waals surface area contributed by atoms with Gasteiger partial charge in [0.15, 0.2) is 0 Å². The average Bonchev–Trinajstić information content (AvgIpc) is 2.31. The molecule has 5 heteroatoms. The maximum Gasteiger partial charge on any atom is 0.573 e. The van der Waals surface area contributed by atoms with Gasteiger partial charge in [-0.2, -0.15) is 0 Å². The molecule has 0 aliphatic rings. The fourth-order valence-electron chi connectivity index (χ4n) is 1.52. The Hall–Kier alpha value is -1.24. The molecule has 0 fully saturated rings. The van der Waals surface area contributed by atoms with Crippen LogP contribution in [-0.4, -0.2) is 6.36 Å². The highest BCUT2D eigenvalue weighted by Crippen LogP contribution is 2.31. The van der Waals surface area contributed by atoms with Gasteiger partial charge in [-0.3, -0.25) is 0 Å². The Labute approximate surface area is 116 Å². The van der Waals surface area contributed by atoms with Crippen molar-refractivity contribution in [3.63, 3.8) is 0 Å². The Morgan fingerprint density at radius 1 is 0.889 bits per heavy atom. The molecule has 0 heterocycles. The maximum absolute atomic E-state index is 12.1. The van der Waals surface area contributed by atoms with Crippen molar-refractivity contribution in [2.75, 3.05) is 0 Å². The minimum absolute atomic E-state index is 0.178. The highest BCUT2D eigenvalue weighted by molar-refractivity contribution is 14.1. The average molecular weight is 364 g/mol. The number of alkyl halides is 3. The summed E-state index contributed by atoms with van der Waals surface area (Å²) >= 11 is 1.83. The van der Waals surface area contributed by atoms with Gasteiger partial charge in [-0.1, -0.05) is 36.4 Å². The van der Waals surface area contributed by atoms with Crippen molar-refractivity contribution >= 4 is 22.6 Å². The number of halogens is 4. The summed E-state index contributed by atoms with van der Waals surface area (Å²) in [7, 11) is 0. The molecule has 0 aliphatic heterocycles. The van der Waals surface area contributed by atoms with Crippen molar-refractivity contribution in [1.82, 2.24) is 0 Å². The Morgan fingerprint density at radius 2 is 1.56 bits per heavy atom. The van der Waals surface area contributed by atoms with Crippen LogP contribution in [0.1, 0.15) is 0 Å². The summed E-state index contributed by atoms with van der Waals surface area (Å²) in [5.41, 5.74) is 1.81. The van der Waals surface area contributed by atoms with Gasteiger partial charge in [-0.05, 0) is 45.9 Å². The van der Waals surface area contributed by atoms with E-state index in [0.29, 0.717) is 3.57 Å². The molecule has 2 aromatic rings. The zero-order valence-corrected chi connectivity index (χ0v) is 11.2. The summed E-state index contributed by atoms with van der Waals surface area (Å²) in [6.07, 6.45) is -4.66. The van der Waals surface area contributed by atoms with Crippen LogP contribution in [0.15, 0.2) is 48.5 Å². The van der Waals surface area contributed by atoms with E-state index in [9.17, 15) is 13.2 Å². The second-order valence-electron chi connectivity index (χ2n) is 3.56. The third-order valence-corrected chi connectivity index (χ3v) is 3.11. The minimum atomic E-state index is -4.66. The Morgan fingerprint density at radius 3 is 2.11 bits per heavy atom. The SMILES string of the molecule is FC(F)(F)Oc1ccc(-c2ccccc2)cc1I. The van der Waals surface area contributed by atoms with E-state index in [1.165, 1.54) is 6.07 Å². The summed E-state index contributed by atoms with van der Waals surface area (Å²) < 4.78 is 40.7. The molecule has 0 saturated heterocycles. The first-order valence-corrected chi connectivity index (χ1v) is 6.14. The largest absolute Gasteiger partial charge is 0.573 e. The number of hydrogen-bond acceptors (Lipinski definition) is 1. The molecule has 0 bridgehead atoms. The molecule has 0 aliphatic carbocycles. The first-order chi connectivity index (χ1) is 8.46. The van der Waals surface area contributed by atoms with E-state index >= 15 is 0 Å². The predicted molar refractivity (Wildman–Crippen MR) is 71.3 cm³/mol. The van der Waals surface area contributed by atoms with E-state index in [1.54, 1.807) is 12.1 Å². The molecular formula is C13H8F3IO. The molecular weight excluding hydrogens is 356 g/mol.